The summed E-state index contributed by atoms with van der Waals surface area (Å²) in [6.07, 6.45) is 5.40. The zero-order valence-electron chi connectivity index (χ0n) is 10.7. The molecule has 1 nitrogen and oxygen atoms in total. The van der Waals surface area contributed by atoms with Gasteiger partial charge in [0.2, 0.25) is 0 Å². The molecule has 0 heterocycles. The van der Waals surface area contributed by atoms with Crippen molar-refractivity contribution < 1.29 is 0 Å². The van der Waals surface area contributed by atoms with Crippen molar-refractivity contribution in [3.8, 4) is 0 Å². The molecule has 0 radical (unpaired) electrons. The van der Waals surface area contributed by atoms with Crippen molar-refractivity contribution in [1.29, 1.82) is 0 Å². The van der Waals surface area contributed by atoms with E-state index in [1.165, 1.54) is 31.2 Å². The van der Waals surface area contributed by atoms with Crippen LogP contribution in [-0.2, 0) is 0 Å². The summed E-state index contributed by atoms with van der Waals surface area (Å²) >= 11 is 5.91. The summed E-state index contributed by atoms with van der Waals surface area (Å²) in [6, 6.07) is 9.31. The Labute approximate surface area is 110 Å². The van der Waals surface area contributed by atoms with Gasteiger partial charge in [0.25, 0.3) is 0 Å². The monoisotopic (exact) mass is 251 g/mol. The summed E-state index contributed by atoms with van der Waals surface area (Å²) in [7, 11) is 0. The molecule has 1 aromatic carbocycles. The number of halogens is 1. The molecule has 1 aromatic rings. The maximum atomic E-state index is 5.91. The summed E-state index contributed by atoms with van der Waals surface area (Å²) in [5, 5.41) is 4.59. The predicted octanol–water partition coefficient (Wildman–Crippen LogP) is 4.57. The van der Waals surface area contributed by atoms with Crippen molar-refractivity contribution in [1.82, 2.24) is 5.32 Å². The van der Waals surface area contributed by atoms with Crippen LogP contribution in [0.2, 0.25) is 5.02 Å². The summed E-state index contributed by atoms with van der Waals surface area (Å²) < 4.78 is 0. The highest BCUT2D eigenvalue weighted by molar-refractivity contribution is 6.30. The lowest BCUT2D eigenvalue weighted by atomic mass is 9.98. The van der Waals surface area contributed by atoms with Crippen LogP contribution in [-0.4, -0.2) is 6.04 Å². The standard InChI is InChI=1S/C15H22ClN/c1-3-12-5-4-6-15(12)17-11(2)13-7-9-14(16)10-8-13/h7-12,15,17H,3-6H2,1-2H3. The van der Waals surface area contributed by atoms with Crippen molar-refractivity contribution in [2.75, 3.05) is 0 Å². The van der Waals surface area contributed by atoms with E-state index in [9.17, 15) is 0 Å². The summed E-state index contributed by atoms with van der Waals surface area (Å²) in [6.45, 7) is 4.55. The van der Waals surface area contributed by atoms with Crippen molar-refractivity contribution in [2.45, 2.75) is 51.6 Å². The molecule has 0 aromatic heterocycles. The molecular weight excluding hydrogens is 230 g/mol. The van der Waals surface area contributed by atoms with Crippen LogP contribution in [0.3, 0.4) is 0 Å². The Morgan fingerprint density at radius 1 is 1.29 bits per heavy atom. The first-order valence-corrected chi connectivity index (χ1v) is 7.10. The van der Waals surface area contributed by atoms with Crippen LogP contribution in [0, 0.1) is 5.92 Å². The zero-order chi connectivity index (χ0) is 12.3. The Hall–Kier alpha value is -0.530. The molecule has 1 aliphatic carbocycles. The predicted molar refractivity (Wildman–Crippen MR) is 74.4 cm³/mol. The van der Waals surface area contributed by atoms with Gasteiger partial charge in [0.05, 0.1) is 0 Å². The third-order valence-electron chi connectivity index (χ3n) is 4.02. The van der Waals surface area contributed by atoms with E-state index in [-0.39, 0.29) is 0 Å². The number of hydrogen-bond donors (Lipinski definition) is 1. The van der Waals surface area contributed by atoms with Gasteiger partial charge in [0.1, 0.15) is 0 Å². The summed E-state index contributed by atoms with van der Waals surface area (Å²) in [5.74, 6) is 0.866. The Morgan fingerprint density at radius 3 is 2.65 bits per heavy atom. The van der Waals surface area contributed by atoms with Gasteiger partial charge < -0.3 is 5.32 Å². The topological polar surface area (TPSA) is 12.0 Å². The van der Waals surface area contributed by atoms with E-state index in [4.69, 9.17) is 11.6 Å². The van der Waals surface area contributed by atoms with E-state index in [0.29, 0.717) is 12.1 Å². The number of benzene rings is 1. The van der Waals surface area contributed by atoms with Crippen LogP contribution in [0.4, 0.5) is 0 Å². The maximum Gasteiger partial charge on any atom is 0.0406 e. The zero-order valence-corrected chi connectivity index (χ0v) is 11.5. The highest BCUT2D eigenvalue weighted by atomic mass is 35.5. The maximum absolute atomic E-state index is 5.91. The van der Waals surface area contributed by atoms with Crippen molar-refractivity contribution in [2.24, 2.45) is 5.92 Å². The molecular formula is C15H22ClN. The molecule has 1 N–H and O–H groups in total. The molecule has 17 heavy (non-hydrogen) atoms. The molecule has 0 spiro atoms. The first-order chi connectivity index (χ1) is 8.20. The third kappa shape index (κ3) is 3.23. The lowest BCUT2D eigenvalue weighted by Crippen LogP contribution is -2.34. The Bertz CT molecular complexity index is 346. The van der Waals surface area contributed by atoms with Crippen LogP contribution < -0.4 is 5.32 Å². The van der Waals surface area contributed by atoms with Crippen molar-refractivity contribution >= 4 is 11.6 Å². The van der Waals surface area contributed by atoms with Gasteiger partial charge in [0, 0.05) is 17.1 Å². The van der Waals surface area contributed by atoms with Crippen LogP contribution in [0.25, 0.3) is 0 Å². The normalized spacial score (nSPS) is 26.1. The van der Waals surface area contributed by atoms with Crippen LogP contribution in [0.1, 0.15) is 51.1 Å². The SMILES string of the molecule is CCC1CCCC1NC(C)c1ccc(Cl)cc1. The van der Waals surface area contributed by atoms with Gasteiger partial charge in [0.15, 0.2) is 0 Å². The van der Waals surface area contributed by atoms with E-state index >= 15 is 0 Å². The number of hydrogen-bond acceptors (Lipinski definition) is 1. The fraction of sp³-hybridized carbons (Fsp3) is 0.600. The molecule has 94 valence electrons. The highest BCUT2D eigenvalue weighted by Gasteiger charge is 2.26. The van der Waals surface area contributed by atoms with Crippen LogP contribution in [0.15, 0.2) is 24.3 Å². The molecule has 1 fully saturated rings. The molecule has 0 bridgehead atoms. The van der Waals surface area contributed by atoms with E-state index in [0.717, 1.165) is 10.9 Å². The Balaban J connectivity index is 1.96. The fourth-order valence-corrected chi connectivity index (χ4v) is 3.04. The second kappa shape index (κ2) is 5.88. The second-order valence-corrected chi connectivity index (χ2v) is 5.58. The average Bonchev–Trinajstić information content (AvgIpc) is 2.77. The minimum atomic E-state index is 0.421. The molecule has 1 aliphatic rings. The Kier molecular flexibility index (Phi) is 4.47. The van der Waals surface area contributed by atoms with Crippen molar-refractivity contribution in [3.63, 3.8) is 0 Å². The first kappa shape index (κ1) is 12.9. The van der Waals surface area contributed by atoms with E-state index in [1.54, 1.807) is 0 Å². The average molecular weight is 252 g/mol. The van der Waals surface area contributed by atoms with Gasteiger partial charge in [-0.1, -0.05) is 43.5 Å². The molecule has 2 rings (SSSR count). The molecule has 0 saturated heterocycles. The lowest BCUT2D eigenvalue weighted by Gasteiger charge is -2.24. The third-order valence-corrected chi connectivity index (χ3v) is 4.27. The molecule has 0 aliphatic heterocycles. The van der Waals surface area contributed by atoms with E-state index in [1.807, 2.05) is 12.1 Å². The number of nitrogens with one attached hydrogen (secondary N) is 1. The minimum Gasteiger partial charge on any atom is -0.307 e. The molecule has 3 unspecified atom stereocenters. The number of rotatable bonds is 4. The Morgan fingerprint density at radius 2 is 2.00 bits per heavy atom. The fourth-order valence-electron chi connectivity index (χ4n) is 2.91. The summed E-state index contributed by atoms with van der Waals surface area (Å²) in [5.41, 5.74) is 1.33. The van der Waals surface area contributed by atoms with Crippen LogP contribution >= 0.6 is 11.6 Å². The van der Waals surface area contributed by atoms with E-state index < -0.39 is 0 Å². The molecule has 3 atom stereocenters. The van der Waals surface area contributed by atoms with E-state index in [2.05, 4.69) is 31.3 Å². The van der Waals surface area contributed by atoms with Gasteiger partial charge >= 0.3 is 0 Å². The van der Waals surface area contributed by atoms with Crippen LogP contribution in [0.5, 0.6) is 0 Å². The van der Waals surface area contributed by atoms with Gasteiger partial charge in [-0.25, -0.2) is 0 Å². The smallest absolute Gasteiger partial charge is 0.0406 e. The van der Waals surface area contributed by atoms with Gasteiger partial charge in [-0.15, -0.1) is 0 Å². The largest absolute Gasteiger partial charge is 0.307 e. The van der Waals surface area contributed by atoms with Crippen molar-refractivity contribution in [3.05, 3.63) is 34.9 Å². The molecule has 2 heteroatoms. The lowest BCUT2D eigenvalue weighted by molar-refractivity contribution is 0.360. The van der Waals surface area contributed by atoms with Gasteiger partial charge in [-0.2, -0.15) is 0 Å². The quantitative estimate of drug-likeness (QED) is 0.827. The molecule has 0 amide bonds. The first-order valence-electron chi connectivity index (χ1n) is 6.72. The summed E-state index contributed by atoms with van der Waals surface area (Å²) in [4.78, 5) is 0. The second-order valence-electron chi connectivity index (χ2n) is 5.15. The highest BCUT2D eigenvalue weighted by Crippen LogP contribution is 2.30. The van der Waals surface area contributed by atoms with Gasteiger partial charge in [-0.05, 0) is 43.4 Å². The van der Waals surface area contributed by atoms with Gasteiger partial charge in [-0.3, -0.25) is 0 Å². The molecule has 1 saturated carbocycles. The minimum absolute atomic E-state index is 0.421.